The minimum atomic E-state index is -0.246. The normalized spacial score (nSPS) is 16.8. The molecule has 4 aromatic rings. The molecule has 0 saturated heterocycles. The molecule has 1 atom stereocenters. The third-order valence-corrected chi connectivity index (χ3v) is 5.21. The Morgan fingerprint density at radius 1 is 1.14 bits per heavy atom. The number of hydrogen-bond acceptors (Lipinski definition) is 4. The van der Waals surface area contributed by atoms with E-state index >= 15 is 0 Å². The lowest BCUT2D eigenvalue weighted by Gasteiger charge is -2.35. The first kappa shape index (κ1) is 16.8. The molecule has 1 N–H and O–H groups in total. The Morgan fingerprint density at radius 3 is 2.86 bits per heavy atom. The molecule has 1 aromatic carbocycles. The average molecular weight is 374 g/mol. The predicted octanol–water partition coefficient (Wildman–Crippen LogP) is 3.28. The molecule has 0 bridgehead atoms. The van der Waals surface area contributed by atoms with E-state index in [-0.39, 0.29) is 11.9 Å². The second-order valence-corrected chi connectivity index (χ2v) is 6.89. The van der Waals surface area contributed by atoms with E-state index in [0.29, 0.717) is 6.54 Å². The number of rotatable bonds is 4. The number of H-pyrrole nitrogens is 1. The molecule has 1 aliphatic rings. The van der Waals surface area contributed by atoms with Crippen molar-refractivity contribution in [2.45, 2.75) is 19.0 Å². The fraction of sp³-hybridized carbons (Fsp3) is 0.190. The van der Waals surface area contributed by atoms with E-state index in [4.69, 9.17) is 0 Å². The van der Waals surface area contributed by atoms with E-state index in [1.165, 1.54) is 6.07 Å². The molecular weight excluding hydrogens is 355 g/mol. The van der Waals surface area contributed by atoms with Crippen LogP contribution >= 0.6 is 0 Å². The molecule has 5 rings (SSSR count). The van der Waals surface area contributed by atoms with E-state index in [9.17, 15) is 4.39 Å². The summed E-state index contributed by atoms with van der Waals surface area (Å²) in [5.74, 6) is -0.246. The van der Waals surface area contributed by atoms with Crippen LogP contribution in [0.15, 0.2) is 67.5 Å². The van der Waals surface area contributed by atoms with Gasteiger partial charge in [-0.1, -0.05) is 0 Å². The topological polar surface area (TPSA) is 62.6 Å². The van der Waals surface area contributed by atoms with Crippen LogP contribution in [0.4, 0.5) is 4.39 Å². The summed E-state index contributed by atoms with van der Waals surface area (Å²) in [5, 5.41) is 4.32. The molecule has 0 spiro atoms. The van der Waals surface area contributed by atoms with Crippen LogP contribution in [-0.2, 0) is 13.0 Å². The second-order valence-electron chi connectivity index (χ2n) is 6.89. The number of benzene rings is 1. The number of halogens is 1. The van der Waals surface area contributed by atoms with Gasteiger partial charge in [-0.2, -0.15) is 5.10 Å². The number of nitrogens with zero attached hydrogens (tertiary/aromatic N) is 5. The number of fused-ring (bicyclic) bond motifs is 1. The highest BCUT2D eigenvalue weighted by Crippen LogP contribution is 2.34. The fourth-order valence-electron chi connectivity index (χ4n) is 3.94. The number of pyridine rings is 1. The molecule has 3 aromatic heterocycles. The summed E-state index contributed by atoms with van der Waals surface area (Å²) in [5.41, 5.74) is 5.08. The molecular formula is C21H19FN6. The second kappa shape index (κ2) is 7.01. The average Bonchev–Trinajstić information content (AvgIpc) is 3.40. The van der Waals surface area contributed by atoms with Gasteiger partial charge in [0.05, 0.1) is 23.8 Å². The van der Waals surface area contributed by atoms with Crippen LogP contribution < -0.4 is 0 Å². The maximum Gasteiger partial charge on any atom is 0.123 e. The lowest BCUT2D eigenvalue weighted by Crippen LogP contribution is -2.36. The molecule has 28 heavy (non-hydrogen) atoms. The highest BCUT2D eigenvalue weighted by molar-refractivity contribution is 5.41. The standard InChI is InChI=1S/C21H19FN6/c22-17-2-3-19(28-10-1-7-26-28)16(12-17)13-27-11-6-18-20(25-14-24-18)21(27)15-4-8-23-9-5-15/h1-5,7-10,12,14,21H,6,11,13H2,(H,24,25)/t21-/m1/s1. The molecule has 4 heterocycles. The zero-order valence-electron chi connectivity index (χ0n) is 15.2. The van der Waals surface area contributed by atoms with Gasteiger partial charge >= 0.3 is 0 Å². The van der Waals surface area contributed by atoms with Crippen molar-refractivity contribution in [1.82, 2.24) is 29.6 Å². The smallest absolute Gasteiger partial charge is 0.123 e. The van der Waals surface area contributed by atoms with Crippen LogP contribution in [0.1, 0.15) is 28.6 Å². The van der Waals surface area contributed by atoms with E-state index in [0.717, 1.165) is 41.2 Å². The molecule has 7 heteroatoms. The van der Waals surface area contributed by atoms with Crippen molar-refractivity contribution in [3.05, 3.63) is 95.8 Å². The van der Waals surface area contributed by atoms with Crippen LogP contribution in [-0.4, -0.2) is 36.2 Å². The number of aromatic amines is 1. The van der Waals surface area contributed by atoms with Gasteiger partial charge in [0, 0.05) is 50.0 Å². The molecule has 0 saturated carbocycles. The van der Waals surface area contributed by atoms with Gasteiger partial charge in [-0.25, -0.2) is 14.1 Å². The molecule has 0 fully saturated rings. The molecule has 6 nitrogen and oxygen atoms in total. The van der Waals surface area contributed by atoms with Crippen LogP contribution in [0.25, 0.3) is 5.69 Å². The summed E-state index contributed by atoms with van der Waals surface area (Å²) < 4.78 is 15.9. The Labute approximate surface area is 161 Å². The van der Waals surface area contributed by atoms with Crippen molar-refractivity contribution in [1.29, 1.82) is 0 Å². The summed E-state index contributed by atoms with van der Waals surface area (Å²) in [6.45, 7) is 1.43. The number of aromatic nitrogens is 5. The minimum Gasteiger partial charge on any atom is -0.348 e. The summed E-state index contributed by atoms with van der Waals surface area (Å²) in [4.78, 5) is 14.3. The third kappa shape index (κ3) is 2.99. The Balaban J connectivity index is 1.56. The first-order valence-corrected chi connectivity index (χ1v) is 9.24. The molecule has 1 aliphatic heterocycles. The molecule has 140 valence electrons. The first-order valence-electron chi connectivity index (χ1n) is 9.24. The molecule has 0 unspecified atom stereocenters. The molecule has 0 amide bonds. The Bertz CT molecular complexity index is 1070. The summed E-state index contributed by atoms with van der Waals surface area (Å²) >= 11 is 0. The van der Waals surface area contributed by atoms with E-state index < -0.39 is 0 Å². The van der Waals surface area contributed by atoms with Gasteiger partial charge in [-0.15, -0.1) is 0 Å². The lowest BCUT2D eigenvalue weighted by atomic mass is 9.95. The number of nitrogens with one attached hydrogen (secondary N) is 1. The van der Waals surface area contributed by atoms with Crippen molar-refractivity contribution < 1.29 is 4.39 Å². The monoisotopic (exact) mass is 374 g/mol. The predicted molar refractivity (Wildman–Crippen MR) is 102 cm³/mol. The van der Waals surface area contributed by atoms with Crippen molar-refractivity contribution in [2.24, 2.45) is 0 Å². The summed E-state index contributed by atoms with van der Waals surface area (Å²) in [6, 6.07) is 10.7. The van der Waals surface area contributed by atoms with Crippen molar-refractivity contribution >= 4 is 0 Å². The number of imidazole rings is 1. The van der Waals surface area contributed by atoms with Gasteiger partial charge in [0.2, 0.25) is 0 Å². The number of hydrogen-bond donors (Lipinski definition) is 1. The Hall–Kier alpha value is -3.32. The van der Waals surface area contributed by atoms with Crippen molar-refractivity contribution in [3.63, 3.8) is 0 Å². The van der Waals surface area contributed by atoms with Crippen LogP contribution in [0.3, 0.4) is 0 Å². The zero-order valence-corrected chi connectivity index (χ0v) is 15.2. The van der Waals surface area contributed by atoms with Gasteiger partial charge in [0.15, 0.2) is 0 Å². The molecule has 0 radical (unpaired) electrons. The summed E-state index contributed by atoms with van der Waals surface area (Å²) in [6.07, 6.45) is 9.82. The van der Waals surface area contributed by atoms with Gasteiger partial charge in [0.1, 0.15) is 5.82 Å². The first-order chi connectivity index (χ1) is 13.8. The van der Waals surface area contributed by atoms with Crippen molar-refractivity contribution in [2.75, 3.05) is 6.54 Å². The van der Waals surface area contributed by atoms with E-state index in [1.807, 2.05) is 24.4 Å². The SMILES string of the molecule is Fc1ccc(-n2cccn2)c(CN2CCc3[nH]cnc3[C@H]2c2ccncc2)c1. The molecule has 0 aliphatic carbocycles. The quantitative estimate of drug-likeness (QED) is 0.596. The third-order valence-electron chi connectivity index (χ3n) is 5.21. The summed E-state index contributed by atoms with van der Waals surface area (Å²) in [7, 11) is 0. The minimum absolute atomic E-state index is 0.00765. The largest absolute Gasteiger partial charge is 0.348 e. The van der Waals surface area contributed by atoms with Crippen LogP contribution in [0, 0.1) is 5.82 Å². The van der Waals surface area contributed by atoms with E-state index in [2.05, 4.69) is 25.0 Å². The highest BCUT2D eigenvalue weighted by atomic mass is 19.1. The van der Waals surface area contributed by atoms with Gasteiger partial charge in [-0.05, 0) is 47.5 Å². The zero-order chi connectivity index (χ0) is 18.9. The Morgan fingerprint density at radius 2 is 2.04 bits per heavy atom. The van der Waals surface area contributed by atoms with Gasteiger partial charge in [-0.3, -0.25) is 9.88 Å². The Kier molecular flexibility index (Phi) is 4.21. The van der Waals surface area contributed by atoms with Crippen LogP contribution in [0.2, 0.25) is 0 Å². The van der Waals surface area contributed by atoms with Crippen LogP contribution in [0.5, 0.6) is 0 Å². The van der Waals surface area contributed by atoms with Gasteiger partial charge in [0.25, 0.3) is 0 Å². The highest BCUT2D eigenvalue weighted by Gasteiger charge is 2.31. The maximum absolute atomic E-state index is 14.1. The van der Waals surface area contributed by atoms with Crippen molar-refractivity contribution in [3.8, 4) is 5.69 Å². The lowest BCUT2D eigenvalue weighted by molar-refractivity contribution is 0.200. The van der Waals surface area contributed by atoms with E-state index in [1.54, 1.807) is 41.7 Å². The maximum atomic E-state index is 14.1. The fourth-order valence-corrected chi connectivity index (χ4v) is 3.94. The van der Waals surface area contributed by atoms with Gasteiger partial charge < -0.3 is 4.98 Å².